The second-order valence-corrected chi connectivity index (χ2v) is 5.85. The molecule has 1 unspecified atom stereocenters. The third-order valence-electron chi connectivity index (χ3n) is 4.30. The average Bonchev–Trinajstić information content (AvgIpc) is 2.70. The van der Waals surface area contributed by atoms with Gasteiger partial charge in [-0.3, -0.25) is 0 Å². The Morgan fingerprint density at radius 3 is 2.60 bits per heavy atom. The van der Waals surface area contributed by atoms with Gasteiger partial charge in [-0.05, 0) is 38.5 Å². The van der Waals surface area contributed by atoms with Gasteiger partial charge in [0.05, 0.1) is 0 Å². The van der Waals surface area contributed by atoms with Crippen molar-refractivity contribution in [3.63, 3.8) is 0 Å². The normalized spacial score (nSPS) is 21.4. The highest BCUT2D eigenvalue weighted by Crippen LogP contribution is 2.24. The quantitative estimate of drug-likeness (QED) is 0.838. The number of likely N-dealkylation sites (N-methyl/N-ethyl adjacent to an activating group) is 1. The summed E-state index contributed by atoms with van der Waals surface area (Å²) in [6.07, 6.45) is 1.89. The van der Waals surface area contributed by atoms with Gasteiger partial charge in [0.15, 0.2) is 0 Å². The summed E-state index contributed by atoms with van der Waals surface area (Å²) in [5.74, 6) is 0. The molecule has 1 aliphatic rings. The Labute approximate surface area is 122 Å². The molecule has 112 valence electrons. The predicted molar refractivity (Wildman–Crippen MR) is 82.6 cm³/mol. The molecular weight excluding hydrogens is 250 g/mol. The van der Waals surface area contributed by atoms with E-state index in [0.29, 0.717) is 6.42 Å². The largest absolute Gasteiger partial charge is 0.384 e. The molecule has 0 aliphatic carbocycles. The van der Waals surface area contributed by atoms with Crippen LogP contribution in [0.1, 0.15) is 18.4 Å². The molecule has 20 heavy (non-hydrogen) atoms. The Bertz CT molecular complexity index is 398. The van der Waals surface area contributed by atoms with Gasteiger partial charge >= 0.3 is 0 Å². The van der Waals surface area contributed by atoms with Crippen molar-refractivity contribution in [3.8, 4) is 0 Å². The molecule has 0 radical (unpaired) electrons. The highest BCUT2D eigenvalue weighted by Gasteiger charge is 2.28. The summed E-state index contributed by atoms with van der Waals surface area (Å²) in [6, 6.07) is 9.80. The predicted octanol–water partition coefficient (Wildman–Crippen LogP) is 0.861. The molecule has 0 bridgehead atoms. The molecule has 1 fully saturated rings. The van der Waals surface area contributed by atoms with Gasteiger partial charge in [-0.2, -0.15) is 0 Å². The van der Waals surface area contributed by atoms with Crippen LogP contribution in [-0.2, 0) is 5.60 Å². The summed E-state index contributed by atoms with van der Waals surface area (Å²) in [5, 5.41) is 10.8. The Balaban J connectivity index is 1.93. The SMILES string of the molecule is CN1CCCN(CCC(O)(CN)c2ccccc2)CC1. The van der Waals surface area contributed by atoms with E-state index in [9.17, 15) is 5.11 Å². The third-order valence-corrected chi connectivity index (χ3v) is 4.30. The number of rotatable bonds is 5. The van der Waals surface area contributed by atoms with Crippen LogP contribution >= 0.6 is 0 Å². The Morgan fingerprint density at radius 2 is 1.90 bits per heavy atom. The summed E-state index contributed by atoms with van der Waals surface area (Å²) in [5.41, 5.74) is 5.85. The van der Waals surface area contributed by atoms with Crippen molar-refractivity contribution in [2.24, 2.45) is 5.73 Å². The van der Waals surface area contributed by atoms with E-state index in [1.165, 1.54) is 6.42 Å². The van der Waals surface area contributed by atoms with Crippen molar-refractivity contribution in [2.45, 2.75) is 18.4 Å². The van der Waals surface area contributed by atoms with Crippen molar-refractivity contribution >= 4 is 0 Å². The van der Waals surface area contributed by atoms with Crippen LogP contribution in [0.15, 0.2) is 30.3 Å². The smallest absolute Gasteiger partial charge is 0.103 e. The number of aliphatic hydroxyl groups is 1. The molecule has 2 rings (SSSR count). The maximum Gasteiger partial charge on any atom is 0.103 e. The second-order valence-electron chi connectivity index (χ2n) is 5.85. The molecule has 1 saturated heterocycles. The molecule has 1 aromatic carbocycles. The molecule has 1 aromatic rings. The third kappa shape index (κ3) is 4.03. The minimum absolute atomic E-state index is 0.269. The fraction of sp³-hybridized carbons (Fsp3) is 0.625. The van der Waals surface area contributed by atoms with Gasteiger partial charge in [-0.1, -0.05) is 30.3 Å². The first-order valence-corrected chi connectivity index (χ1v) is 7.53. The molecule has 0 amide bonds. The molecule has 1 atom stereocenters. The van der Waals surface area contributed by atoms with Crippen LogP contribution in [0.25, 0.3) is 0 Å². The summed E-state index contributed by atoms with van der Waals surface area (Å²) in [6.45, 7) is 5.62. The van der Waals surface area contributed by atoms with Gasteiger partial charge in [-0.25, -0.2) is 0 Å². The fourth-order valence-electron chi connectivity index (χ4n) is 2.78. The Morgan fingerprint density at radius 1 is 1.15 bits per heavy atom. The van der Waals surface area contributed by atoms with Gasteiger partial charge in [0, 0.05) is 26.2 Å². The van der Waals surface area contributed by atoms with Gasteiger partial charge in [0.1, 0.15) is 5.60 Å². The van der Waals surface area contributed by atoms with Crippen molar-refractivity contribution in [1.29, 1.82) is 0 Å². The lowest BCUT2D eigenvalue weighted by Crippen LogP contribution is -2.40. The van der Waals surface area contributed by atoms with E-state index in [1.54, 1.807) is 0 Å². The summed E-state index contributed by atoms with van der Waals surface area (Å²) < 4.78 is 0. The standard InChI is InChI=1S/C16H27N3O/c1-18-9-5-10-19(13-12-18)11-8-16(20,14-17)15-6-3-2-4-7-15/h2-4,6-7,20H,5,8-14,17H2,1H3. The lowest BCUT2D eigenvalue weighted by atomic mass is 9.90. The zero-order chi connectivity index (χ0) is 14.4. The van der Waals surface area contributed by atoms with Crippen LogP contribution < -0.4 is 5.73 Å². The number of benzene rings is 1. The summed E-state index contributed by atoms with van der Waals surface area (Å²) in [4.78, 5) is 4.80. The maximum atomic E-state index is 10.8. The fourth-order valence-corrected chi connectivity index (χ4v) is 2.78. The molecule has 3 N–H and O–H groups in total. The van der Waals surface area contributed by atoms with Crippen LogP contribution in [0.4, 0.5) is 0 Å². The zero-order valence-electron chi connectivity index (χ0n) is 12.5. The van der Waals surface area contributed by atoms with Crippen molar-refractivity contribution < 1.29 is 5.11 Å². The lowest BCUT2D eigenvalue weighted by molar-refractivity contribution is 0.0261. The molecule has 1 heterocycles. The van der Waals surface area contributed by atoms with Crippen molar-refractivity contribution in [3.05, 3.63) is 35.9 Å². The van der Waals surface area contributed by atoms with E-state index in [2.05, 4.69) is 16.8 Å². The monoisotopic (exact) mass is 277 g/mol. The molecule has 0 aromatic heterocycles. The summed E-state index contributed by atoms with van der Waals surface area (Å²) in [7, 11) is 2.17. The van der Waals surface area contributed by atoms with E-state index in [-0.39, 0.29) is 6.54 Å². The molecule has 4 heteroatoms. The van der Waals surface area contributed by atoms with Gasteiger partial charge < -0.3 is 20.6 Å². The van der Waals surface area contributed by atoms with Crippen molar-refractivity contribution in [2.75, 3.05) is 46.3 Å². The maximum absolute atomic E-state index is 10.8. The van der Waals surface area contributed by atoms with Gasteiger partial charge in [0.2, 0.25) is 0 Å². The van der Waals surface area contributed by atoms with Crippen LogP contribution in [-0.4, -0.2) is 61.2 Å². The minimum Gasteiger partial charge on any atom is -0.384 e. The first-order valence-electron chi connectivity index (χ1n) is 7.53. The van der Waals surface area contributed by atoms with E-state index < -0.39 is 5.60 Å². The van der Waals surface area contributed by atoms with Crippen molar-refractivity contribution in [1.82, 2.24) is 9.80 Å². The molecular formula is C16H27N3O. The highest BCUT2D eigenvalue weighted by molar-refractivity contribution is 5.22. The minimum atomic E-state index is -0.903. The van der Waals surface area contributed by atoms with E-state index in [4.69, 9.17) is 5.73 Å². The van der Waals surface area contributed by atoms with E-state index >= 15 is 0 Å². The van der Waals surface area contributed by atoms with Crippen LogP contribution in [0.3, 0.4) is 0 Å². The number of nitrogens with zero attached hydrogens (tertiary/aromatic N) is 2. The summed E-state index contributed by atoms with van der Waals surface area (Å²) >= 11 is 0. The number of hydrogen-bond acceptors (Lipinski definition) is 4. The van der Waals surface area contributed by atoms with Crippen LogP contribution in [0.5, 0.6) is 0 Å². The highest BCUT2D eigenvalue weighted by atomic mass is 16.3. The second kappa shape index (κ2) is 7.18. The lowest BCUT2D eigenvalue weighted by Gasteiger charge is -2.30. The first kappa shape index (κ1) is 15.4. The molecule has 0 saturated carbocycles. The van der Waals surface area contributed by atoms with Gasteiger partial charge in [-0.15, -0.1) is 0 Å². The molecule has 4 nitrogen and oxygen atoms in total. The molecule has 0 spiro atoms. The molecule has 1 aliphatic heterocycles. The van der Waals surface area contributed by atoms with E-state index in [0.717, 1.165) is 38.3 Å². The topological polar surface area (TPSA) is 52.7 Å². The van der Waals surface area contributed by atoms with Crippen LogP contribution in [0, 0.1) is 0 Å². The van der Waals surface area contributed by atoms with Crippen LogP contribution in [0.2, 0.25) is 0 Å². The first-order chi connectivity index (χ1) is 9.64. The van der Waals surface area contributed by atoms with E-state index in [1.807, 2.05) is 30.3 Å². The van der Waals surface area contributed by atoms with Gasteiger partial charge in [0.25, 0.3) is 0 Å². The number of hydrogen-bond donors (Lipinski definition) is 2. The average molecular weight is 277 g/mol. The Hall–Kier alpha value is -0.940. The Kier molecular flexibility index (Phi) is 5.54. The zero-order valence-corrected chi connectivity index (χ0v) is 12.5. The number of nitrogens with two attached hydrogens (primary N) is 1.